The smallest absolute Gasteiger partial charge is 0.308 e. The van der Waals surface area contributed by atoms with Crippen LogP contribution in [0.3, 0.4) is 0 Å². The molecule has 0 unspecified atom stereocenters. The number of hydrogen-bond donors (Lipinski definition) is 3. The fraction of sp³-hybridized carbons (Fsp3) is 0.125. The van der Waals surface area contributed by atoms with Gasteiger partial charge in [0, 0.05) is 23.1 Å². The zero-order valence-corrected chi connectivity index (χ0v) is 17.0. The Labute approximate surface area is 176 Å². The van der Waals surface area contributed by atoms with Crippen LogP contribution in [0.25, 0.3) is 11.1 Å². The van der Waals surface area contributed by atoms with Crippen molar-refractivity contribution in [3.63, 3.8) is 0 Å². The number of carbonyl (C=O) groups is 2. The summed E-state index contributed by atoms with van der Waals surface area (Å²) in [5.41, 5.74) is 4.44. The van der Waals surface area contributed by atoms with Crippen molar-refractivity contribution in [3.8, 4) is 11.1 Å². The van der Waals surface area contributed by atoms with Crippen molar-refractivity contribution in [3.05, 3.63) is 85.1 Å². The third kappa shape index (κ3) is 5.54. The van der Waals surface area contributed by atoms with Gasteiger partial charge in [-0.25, -0.2) is 9.78 Å². The molecule has 30 heavy (non-hydrogen) atoms. The minimum Gasteiger partial charge on any atom is -0.308 e. The highest BCUT2D eigenvalue weighted by atomic mass is 16.2. The number of urea groups is 1. The van der Waals surface area contributed by atoms with Crippen LogP contribution in [0.5, 0.6) is 0 Å². The molecule has 1 heterocycles. The first-order chi connectivity index (χ1) is 14.4. The number of hydrogen-bond acceptors (Lipinski definition) is 3. The van der Waals surface area contributed by atoms with E-state index in [2.05, 4.69) is 41.4 Å². The Bertz CT molecular complexity index is 1040. The molecular weight excluding hydrogens is 376 g/mol. The topological polar surface area (TPSA) is 83.1 Å². The van der Waals surface area contributed by atoms with Gasteiger partial charge in [-0.1, -0.05) is 44.7 Å². The molecule has 0 saturated heterocycles. The average molecular weight is 400 g/mol. The molecule has 6 heteroatoms. The second-order valence-electron chi connectivity index (χ2n) is 7.06. The van der Waals surface area contributed by atoms with Gasteiger partial charge in [0.25, 0.3) is 0 Å². The van der Waals surface area contributed by atoms with Gasteiger partial charge in [0.05, 0.1) is 0 Å². The maximum absolute atomic E-state index is 12.3. The molecule has 2 aromatic carbocycles. The van der Waals surface area contributed by atoms with E-state index in [1.165, 1.54) is 11.6 Å². The van der Waals surface area contributed by atoms with Crippen molar-refractivity contribution in [1.29, 1.82) is 0 Å². The van der Waals surface area contributed by atoms with Crippen LogP contribution in [-0.2, 0) is 4.79 Å². The molecule has 0 aliphatic rings. The van der Waals surface area contributed by atoms with Crippen molar-refractivity contribution < 1.29 is 9.59 Å². The van der Waals surface area contributed by atoms with E-state index in [0.29, 0.717) is 17.4 Å². The average Bonchev–Trinajstić information content (AvgIpc) is 2.75. The highest BCUT2D eigenvalue weighted by Crippen LogP contribution is 2.22. The fourth-order valence-electron chi connectivity index (χ4n) is 2.83. The third-order valence-electron chi connectivity index (χ3n) is 4.49. The predicted molar refractivity (Wildman–Crippen MR) is 122 cm³/mol. The normalized spacial score (nSPS) is 10.4. The van der Waals surface area contributed by atoms with E-state index in [4.69, 9.17) is 0 Å². The SMILES string of the molecule is C=CC(=O)Nc1ccc(-c2ccc(NC(=O)Nc3cccc(C(C)C)c3)cc2)cn1. The number of carbonyl (C=O) groups excluding carboxylic acids is 2. The summed E-state index contributed by atoms with van der Waals surface area (Å²) in [5.74, 6) is 0.546. The van der Waals surface area contributed by atoms with Gasteiger partial charge in [0.1, 0.15) is 5.82 Å². The summed E-state index contributed by atoms with van der Waals surface area (Å²) >= 11 is 0. The van der Waals surface area contributed by atoms with Crippen molar-refractivity contribution in [2.45, 2.75) is 19.8 Å². The molecular formula is C24H24N4O2. The van der Waals surface area contributed by atoms with Gasteiger partial charge in [0.15, 0.2) is 0 Å². The summed E-state index contributed by atoms with van der Waals surface area (Å²) in [7, 11) is 0. The van der Waals surface area contributed by atoms with Crippen molar-refractivity contribution in [2.75, 3.05) is 16.0 Å². The molecule has 0 atom stereocenters. The number of amides is 3. The van der Waals surface area contributed by atoms with E-state index < -0.39 is 0 Å². The molecule has 3 rings (SSSR count). The van der Waals surface area contributed by atoms with Crippen LogP contribution >= 0.6 is 0 Å². The molecule has 1 aromatic heterocycles. The Morgan fingerprint density at radius 1 is 0.900 bits per heavy atom. The maximum Gasteiger partial charge on any atom is 0.323 e. The van der Waals surface area contributed by atoms with Crippen LogP contribution in [-0.4, -0.2) is 16.9 Å². The summed E-state index contributed by atoms with van der Waals surface area (Å²) in [6.45, 7) is 7.63. The summed E-state index contributed by atoms with van der Waals surface area (Å²) in [6.07, 6.45) is 2.87. The largest absolute Gasteiger partial charge is 0.323 e. The van der Waals surface area contributed by atoms with E-state index in [1.807, 2.05) is 54.6 Å². The highest BCUT2D eigenvalue weighted by molar-refractivity contribution is 6.00. The molecule has 0 aliphatic heterocycles. The van der Waals surface area contributed by atoms with Crippen LogP contribution in [0.15, 0.2) is 79.5 Å². The lowest BCUT2D eigenvalue weighted by molar-refractivity contribution is -0.111. The third-order valence-corrected chi connectivity index (χ3v) is 4.49. The number of rotatable bonds is 6. The van der Waals surface area contributed by atoms with E-state index >= 15 is 0 Å². The number of aromatic nitrogens is 1. The predicted octanol–water partition coefficient (Wildman–Crippen LogP) is 5.64. The standard InChI is InChI=1S/C24H24N4O2/c1-4-23(29)28-22-13-10-19(15-25-22)17-8-11-20(12-9-17)26-24(30)27-21-7-5-6-18(14-21)16(2)3/h4-16H,1H2,2-3H3,(H,25,28,29)(H2,26,27,30). The van der Waals surface area contributed by atoms with E-state index in [1.54, 1.807) is 12.3 Å². The number of pyridine rings is 1. The second-order valence-corrected chi connectivity index (χ2v) is 7.06. The van der Waals surface area contributed by atoms with Gasteiger partial charge < -0.3 is 16.0 Å². The van der Waals surface area contributed by atoms with Crippen molar-refractivity contribution >= 4 is 29.1 Å². The summed E-state index contributed by atoms with van der Waals surface area (Å²) in [4.78, 5) is 27.8. The first-order valence-corrected chi connectivity index (χ1v) is 9.62. The van der Waals surface area contributed by atoms with E-state index in [0.717, 1.165) is 16.8 Å². The zero-order chi connectivity index (χ0) is 21.5. The number of benzene rings is 2. The molecule has 0 fully saturated rings. The lowest BCUT2D eigenvalue weighted by Crippen LogP contribution is -2.19. The van der Waals surface area contributed by atoms with Crippen LogP contribution in [0, 0.1) is 0 Å². The summed E-state index contributed by atoms with van der Waals surface area (Å²) in [5, 5.41) is 8.30. The Hall–Kier alpha value is -3.93. The molecule has 0 saturated carbocycles. The summed E-state index contributed by atoms with van der Waals surface area (Å²) in [6, 6.07) is 18.5. The fourth-order valence-corrected chi connectivity index (χ4v) is 2.83. The van der Waals surface area contributed by atoms with Gasteiger partial charge in [0.2, 0.25) is 5.91 Å². The Kier molecular flexibility index (Phi) is 6.60. The molecule has 0 bridgehead atoms. The van der Waals surface area contributed by atoms with E-state index in [9.17, 15) is 9.59 Å². The molecule has 152 valence electrons. The van der Waals surface area contributed by atoms with Gasteiger partial charge in [-0.05, 0) is 59.5 Å². The summed E-state index contributed by atoms with van der Waals surface area (Å²) < 4.78 is 0. The van der Waals surface area contributed by atoms with Crippen LogP contribution in [0.4, 0.5) is 22.0 Å². The molecule has 3 N–H and O–H groups in total. The van der Waals surface area contributed by atoms with Gasteiger partial charge in [-0.2, -0.15) is 0 Å². The quantitative estimate of drug-likeness (QED) is 0.468. The minimum atomic E-state index is -0.306. The maximum atomic E-state index is 12.3. The monoisotopic (exact) mass is 400 g/mol. The molecule has 3 aromatic rings. The van der Waals surface area contributed by atoms with Crippen LogP contribution in [0.2, 0.25) is 0 Å². The van der Waals surface area contributed by atoms with E-state index in [-0.39, 0.29) is 11.9 Å². The Morgan fingerprint density at radius 2 is 1.60 bits per heavy atom. The molecule has 0 radical (unpaired) electrons. The van der Waals surface area contributed by atoms with Crippen LogP contribution in [0.1, 0.15) is 25.3 Å². The second kappa shape index (κ2) is 9.52. The van der Waals surface area contributed by atoms with Crippen molar-refractivity contribution in [1.82, 2.24) is 4.98 Å². The van der Waals surface area contributed by atoms with Crippen LogP contribution < -0.4 is 16.0 Å². The molecule has 3 amide bonds. The van der Waals surface area contributed by atoms with Gasteiger partial charge in [-0.15, -0.1) is 0 Å². The van der Waals surface area contributed by atoms with Gasteiger partial charge >= 0.3 is 6.03 Å². The first-order valence-electron chi connectivity index (χ1n) is 9.62. The lowest BCUT2D eigenvalue weighted by atomic mass is 10.0. The molecule has 6 nitrogen and oxygen atoms in total. The molecule has 0 spiro atoms. The highest BCUT2D eigenvalue weighted by Gasteiger charge is 2.06. The first kappa shape index (κ1) is 20.8. The Balaban J connectivity index is 1.61. The van der Waals surface area contributed by atoms with Crippen molar-refractivity contribution in [2.24, 2.45) is 0 Å². The minimum absolute atomic E-state index is 0.298. The molecule has 0 aliphatic carbocycles. The Morgan fingerprint density at radius 3 is 2.23 bits per heavy atom. The number of nitrogens with zero attached hydrogens (tertiary/aromatic N) is 1. The number of anilines is 3. The van der Waals surface area contributed by atoms with Gasteiger partial charge in [-0.3, -0.25) is 4.79 Å². The zero-order valence-electron chi connectivity index (χ0n) is 17.0. The lowest BCUT2D eigenvalue weighted by Gasteiger charge is -2.11. The number of nitrogens with one attached hydrogen (secondary N) is 3.